The predicted octanol–water partition coefficient (Wildman–Crippen LogP) is 1.85. The van der Waals surface area contributed by atoms with E-state index in [0.717, 1.165) is 6.42 Å². The van der Waals surface area contributed by atoms with E-state index in [1.807, 2.05) is 34.6 Å². The van der Waals surface area contributed by atoms with Gasteiger partial charge in [0.2, 0.25) is 0 Å². The van der Waals surface area contributed by atoms with Crippen LogP contribution in [0.15, 0.2) is 0 Å². The average Bonchev–Trinajstić information content (AvgIpc) is 2.27. The molecule has 0 saturated carbocycles. The van der Waals surface area contributed by atoms with Gasteiger partial charge in [-0.15, -0.1) is 0 Å². The molecular formula is C11H20N2O2. The molecule has 0 unspecified atom stereocenters. The molecule has 1 fully saturated rings. The van der Waals surface area contributed by atoms with Crippen molar-refractivity contribution in [3.05, 3.63) is 0 Å². The standard InChI is InChI=1S/C11H20N2O2/c1-6-7-12-10(15)13(8(2)3)9(14)11(12,4)5/h8H,6-7H2,1-5H3. The van der Waals surface area contributed by atoms with Crippen molar-refractivity contribution in [3.8, 4) is 0 Å². The Balaban J connectivity index is 3.03. The number of carbonyl (C=O) groups excluding carboxylic acids is 2. The molecule has 15 heavy (non-hydrogen) atoms. The molecular weight excluding hydrogens is 192 g/mol. The highest BCUT2D eigenvalue weighted by Gasteiger charge is 2.51. The van der Waals surface area contributed by atoms with Gasteiger partial charge in [-0.05, 0) is 34.1 Å². The summed E-state index contributed by atoms with van der Waals surface area (Å²) in [5.41, 5.74) is -0.683. The van der Waals surface area contributed by atoms with Gasteiger partial charge < -0.3 is 4.90 Å². The molecule has 1 saturated heterocycles. The number of amides is 3. The lowest BCUT2D eigenvalue weighted by atomic mass is 10.0. The van der Waals surface area contributed by atoms with Gasteiger partial charge in [-0.3, -0.25) is 9.69 Å². The Morgan fingerprint density at radius 3 is 2.13 bits per heavy atom. The Labute approximate surface area is 91.2 Å². The van der Waals surface area contributed by atoms with Crippen LogP contribution in [0.1, 0.15) is 41.0 Å². The molecule has 0 radical (unpaired) electrons. The Bertz CT molecular complexity index is 284. The van der Waals surface area contributed by atoms with Crippen molar-refractivity contribution < 1.29 is 9.59 Å². The van der Waals surface area contributed by atoms with Gasteiger partial charge in [-0.2, -0.15) is 0 Å². The summed E-state index contributed by atoms with van der Waals surface area (Å²) in [5.74, 6) is -0.0871. The van der Waals surface area contributed by atoms with E-state index in [1.54, 1.807) is 4.90 Å². The van der Waals surface area contributed by atoms with Gasteiger partial charge in [0.1, 0.15) is 5.54 Å². The number of rotatable bonds is 3. The summed E-state index contributed by atoms with van der Waals surface area (Å²) in [7, 11) is 0. The summed E-state index contributed by atoms with van der Waals surface area (Å²) in [6.45, 7) is 9.99. The molecule has 4 heteroatoms. The maximum atomic E-state index is 12.0. The fraction of sp³-hybridized carbons (Fsp3) is 0.818. The molecule has 0 aromatic carbocycles. The fourth-order valence-corrected chi connectivity index (χ4v) is 1.92. The summed E-state index contributed by atoms with van der Waals surface area (Å²) in [6, 6.07) is -0.215. The summed E-state index contributed by atoms with van der Waals surface area (Å²) < 4.78 is 0. The second-order valence-corrected chi connectivity index (χ2v) is 4.76. The normalized spacial score (nSPS) is 20.7. The highest BCUT2D eigenvalue weighted by Crippen LogP contribution is 2.28. The third kappa shape index (κ3) is 1.73. The molecule has 0 aromatic heterocycles. The van der Waals surface area contributed by atoms with Crippen molar-refractivity contribution in [2.75, 3.05) is 6.54 Å². The molecule has 1 heterocycles. The molecule has 0 atom stereocenters. The predicted molar refractivity (Wildman–Crippen MR) is 58.5 cm³/mol. The minimum absolute atomic E-state index is 0.0638. The Morgan fingerprint density at radius 2 is 1.80 bits per heavy atom. The maximum Gasteiger partial charge on any atom is 0.327 e. The topological polar surface area (TPSA) is 40.6 Å². The summed E-state index contributed by atoms with van der Waals surface area (Å²) >= 11 is 0. The number of carbonyl (C=O) groups is 2. The lowest BCUT2D eigenvalue weighted by Gasteiger charge is -2.27. The minimum atomic E-state index is -0.683. The Kier molecular flexibility index (Phi) is 3.07. The van der Waals surface area contributed by atoms with Crippen molar-refractivity contribution in [3.63, 3.8) is 0 Å². The first kappa shape index (κ1) is 12.0. The first-order valence-corrected chi connectivity index (χ1v) is 5.49. The fourth-order valence-electron chi connectivity index (χ4n) is 1.92. The number of urea groups is 1. The van der Waals surface area contributed by atoms with Crippen LogP contribution in [0.2, 0.25) is 0 Å². The highest BCUT2D eigenvalue weighted by molar-refractivity contribution is 6.06. The van der Waals surface area contributed by atoms with Crippen LogP contribution in [0, 0.1) is 0 Å². The van der Waals surface area contributed by atoms with E-state index in [1.165, 1.54) is 4.90 Å². The van der Waals surface area contributed by atoms with Gasteiger partial charge in [-0.25, -0.2) is 4.79 Å². The van der Waals surface area contributed by atoms with Gasteiger partial charge in [0.25, 0.3) is 5.91 Å². The monoisotopic (exact) mass is 212 g/mol. The molecule has 0 N–H and O–H groups in total. The van der Waals surface area contributed by atoms with Crippen LogP contribution in [0.4, 0.5) is 4.79 Å². The van der Waals surface area contributed by atoms with E-state index in [2.05, 4.69) is 0 Å². The van der Waals surface area contributed by atoms with Gasteiger partial charge in [0.15, 0.2) is 0 Å². The number of hydrogen-bond donors (Lipinski definition) is 0. The van der Waals surface area contributed by atoms with E-state index in [9.17, 15) is 9.59 Å². The lowest BCUT2D eigenvalue weighted by Crippen LogP contribution is -2.44. The van der Waals surface area contributed by atoms with Crippen LogP contribution in [0.3, 0.4) is 0 Å². The molecule has 3 amide bonds. The first-order chi connectivity index (χ1) is 6.84. The number of imide groups is 1. The average molecular weight is 212 g/mol. The van der Waals surface area contributed by atoms with E-state index in [-0.39, 0.29) is 18.0 Å². The summed E-state index contributed by atoms with van der Waals surface area (Å²) in [5, 5.41) is 0. The molecule has 1 aliphatic rings. The van der Waals surface area contributed by atoms with Crippen molar-refractivity contribution in [2.24, 2.45) is 0 Å². The molecule has 86 valence electrons. The van der Waals surface area contributed by atoms with Crippen LogP contribution in [-0.4, -0.2) is 39.9 Å². The molecule has 0 spiro atoms. The zero-order valence-corrected chi connectivity index (χ0v) is 10.2. The quantitative estimate of drug-likeness (QED) is 0.670. The first-order valence-electron chi connectivity index (χ1n) is 5.49. The van der Waals surface area contributed by atoms with E-state index < -0.39 is 5.54 Å². The van der Waals surface area contributed by atoms with Crippen LogP contribution in [0.5, 0.6) is 0 Å². The van der Waals surface area contributed by atoms with Crippen LogP contribution in [-0.2, 0) is 4.79 Å². The number of nitrogens with zero attached hydrogens (tertiary/aromatic N) is 2. The SMILES string of the molecule is CCCN1C(=O)N(C(C)C)C(=O)C1(C)C. The molecule has 4 nitrogen and oxygen atoms in total. The third-order valence-corrected chi connectivity index (χ3v) is 2.82. The molecule has 0 aliphatic carbocycles. The molecule has 1 rings (SSSR count). The van der Waals surface area contributed by atoms with Crippen molar-refractivity contribution in [2.45, 2.75) is 52.6 Å². The van der Waals surface area contributed by atoms with Gasteiger partial charge >= 0.3 is 6.03 Å². The van der Waals surface area contributed by atoms with Crippen LogP contribution in [0.25, 0.3) is 0 Å². The van der Waals surface area contributed by atoms with Crippen molar-refractivity contribution >= 4 is 11.9 Å². The number of hydrogen-bond acceptors (Lipinski definition) is 2. The van der Waals surface area contributed by atoms with E-state index >= 15 is 0 Å². The minimum Gasteiger partial charge on any atom is -0.310 e. The smallest absolute Gasteiger partial charge is 0.310 e. The molecule has 1 aliphatic heterocycles. The maximum absolute atomic E-state index is 12.0. The van der Waals surface area contributed by atoms with Gasteiger partial charge in [0, 0.05) is 12.6 Å². The Hall–Kier alpha value is -1.06. The zero-order chi connectivity index (χ0) is 11.8. The van der Waals surface area contributed by atoms with Crippen LogP contribution < -0.4 is 0 Å². The Morgan fingerprint density at radius 1 is 1.27 bits per heavy atom. The second-order valence-electron chi connectivity index (χ2n) is 4.76. The molecule has 0 aromatic rings. The van der Waals surface area contributed by atoms with Gasteiger partial charge in [-0.1, -0.05) is 6.92 Å². The lowest BCUT2D eigenvalue weighted by molar-refractivity contribution is -0.132. The summed E-state index contributed by atoms with van der Waals surface area (Å²) in [6.07, 6.45) is 0.869. The highest BCUT2D eigenvalue weighted by atomic mass is 16.2. The summed E-state index contributed by atoms with van der Waals surface area (Å²) in [4.78, 5) is 27.0. The van der Waals surface area contributed by atoms with Crippen molar-refractivity contribution in [1.82, 2.24) is 9.80 Å². The van der Waals surface area contributed by atoms with E-state index in [4.69, 9.17) is 0 Å². The zero-order valence-electron chi connectivity index (χ0n) is 10.2. The van der Waals surface area contributed by atoms with E-state index in [0.29, 0.717) is 6.54 Å². The third-order valence-electron chi connectivity index (χ3n) is 2.82. The van der Waals surface area contributed by atoms with Gasteiger partial charge in [0.05, 0.1) is 0 Å². The van der Waals surface area contributed by atoms with Crippen molar-refractivity contribution in [1.29, 1.82) is 0 Å². The second kappa shape index (κ2) is 3.83. The van der Waals surface area contributed by atoms with Crippen LogP contribution >= 0.6 is 0 Å². The molecule has 0 bridgehead atoms. The largest absolute Gasteiger partial charge is 0.327 e.